The summed E-state index contributed by atoms with van der Waals surface area (Å²) in [5.74, 6) is 0.319. The Morgan fingerprint density at radius 3 is 2.28 bits per heavy atom. The van der Waals surface area contributed by atoms with E-state index in [1.54, 1.807) is 24.0 Å². The lowest BCUT2D eigenvalue weighted by Gasteiger charge is -2.38. The van der Waals surface area contributed by atoms with Crippen molar-refractivity contribution >= 4 is 16.9 Å². The summed E-state index contributed by atoms with van der Waals surface area (Å²) in [5, 5.41) is 10.2. The van der Waals surface area contributed by atoms with Crippen molar-refractivity contribution in [3.05, 3.63) is 63.3 Å². The Kier molecular flexibility index (Phi) is 6.90. The van der Waals surface area contributed by atoms with Gasteiger partial charge in [0.05, 0.1) is 11.5 Å². The fourth-order valence-corrected chi connectivity index (χ4v) is 5.38. The van der Waals surface area contributed by atoms with Crippen LogP contribution in [-0.2, 0) is 6.18 Å². The molecule has 2 fully saturated rings. The quantitative estimate of drug-likeness (QED) is 0.501. The van der Waals surface area contributed by atoms with Crippen molar-refractivity contribution < 1.29 is 27.8 Å². The second kappa shape index (κ2) is 9.93. The lowest BCUT2D eigenvalue weighted by molar-refractivity contribution is -0.142. The van der Waals surface area contributed by atoms with E-state index in [-0.39, 0.29) is 46.1 Å². The van der Waals surface area contributed by atoms with Crippen LogP contribution in [0.15, 0.2) is 35.1 Å². The van der Waals surface area contributed by atoms with E-state index in [0.29, 0.717) is 24.5 Å². The summed E-state index contributed by atoms with van der Waals surface area (Å²) >= 11 is 0. The molecule has 3 atom stereocenters. The maximum Gasteiger partial charge on any atom is 0.433 e. The predicted molar refractivity (Wildman–Crippen MR) is 138 cm³/mol. The summed E-state index contributed by atoms with van der Waals surface area (Å²) in [6, 6.07) is 7.39. The number of aromatic nitrogens is 3. The van der Waals surface area contributed by atoms with Crippen LogP contribution in [-0.4, -0.2) is 49.6 Å². The van der Waals surface area contributed by atoms with Gasteiger partial charge in [0.1, 0.15) is 17.7 Å². The maximum atomic E-state index is 14.0. The Morgan fingerprint density at radius 2 is 1.72 bits per heavy atom. The molecule has 8 nitrogen and oxygen atoms in total. The van der Waals surface area contributed by atoms with Crippen molar-refractivity contribution in [3.8, 4) is 5.75 Å². The number of pyridine rings is 1. The van der Waals surface area contributed by atoms with E-state index in [9.17, 15) is 27.9 Å². The number of benzene rings is 1. The van der Waals surface area contributed by atoms with Gasteiger partial charge in [0, 0.05) is 30.3 Å². The molecule has 2 aromatic heterocycles. The average molecular weight is 545 g/mol. The van der Waals surface area contributed by atoms with Crippen molar-refractivity contribution in [2.24, 2.45) is 11.8 Å². The molecule has 1 saturated heterocycles. The number of rotatable bonds is 5. The first-order valence-corrected chi connectivity index (χ1v) is 13.1. The van der Waals surface area contributed by atoms with Gasteiger partial charge in [-0.15, -0.1) is 0 Å². The van der Waals surface area contributed by atoms with E-state index in [2.05, 4.69) is 9.97 Å². The third-order valence-corrected chi connectivity index (χ3v) is 7.60. The number of piperidine rings is 1. The number of fused-ring (bicyclic) bond motifs is 1. The minimum absolute atomic E-state index is 0.0106. The molecule has 1 aliphatic carbocycles. The van der Waals surface area contributed by atoms with Crippen LogP contribution in [0.3, 0.4) is 0 Å². The number of aliphatic hydroxyl groups excluding tert-OH is 1. The molecular formula is C28H31F3N4O4. The Morgan fingerprint density at radius 1 is 1.10 bits per heavy atom. The van der Waals surface area contributed by atoms with E-state index in [0.717, 1.165) is 12.8 Å². The second-order valence-corrected chi connectivity index (χ2v) is 10.8. The summed E-state index contributed by atoms with van der Waals surface area (Å²) in [6.45, 7) is 7.72. The molecule has 208 valence electrons. The highest BCUT2D eigenvalue weighted by atomic mass is 19.4. The number of carbonyl (C=O) groups excluding carboxylic acids is 1. The van der Waals surface area contributed by atoms with Gasteiger partial charge in [-0.05, 0) is 68.9 Å². The number of ether oxygens (including phenoxy) is 1. The molecule has 0 bridgehead atoms. The number of hydrogen-bond acceptors (Lipinski definition) is 6. The van der Waals surface area contributed by atoms with E-state index < -0.39 is 29.6 Å². The fraction of sp³-hybridized carbons (Fsp3) is 0.500. The number of likely N-dealkylation sites (tertiary alicyclic amines) is 1. The van der Waals surface area contributed by atoms with Crippen molar-refractivity contribution in [1.29, 1.82) is 0 Å². The lowest BCUT2D eigenvalue weighted by atomic mass is 9.88. The summed E-state index contributed by atoms with van der Waals surface area (Å²) in [7, 11) is 0. The van der Waals surface area contributed by atoms with Gasteiger partial charge in [-0.3, -0.25) is 14.2 Å². The predicted octanol–water partition coefficient (Wildman–Crippen LogP) is 4.68. The molecular weight excluding hydrogens is 513 g/mol. The van der Waals surface area contributed by atoms with Crippen molar-refractivity contribution in [2.45, 2.75) is 65.0 Å². The number of hydrogen-bond donors (Lipinski definition) is 1. The zero-order valence-electron chi connectivity index (χ0n) is 22.2. The number of alkyl halides is 3. The Hall–Kier alpha value is -3.47. The largest absolute Gasteiger partial charge is 0.486 e. The molecule has 3 heterocycles. The monoisotopic (exact) mass is 544 g/mol. The van der Waals surface area contributed by atoms with Crippen molar-refractivity contribution in [3.63, 3.8) is 0 Å². The summed E-state index contributed by atoms with van der Waals surface area (Å²) in [4.78, 5) is 35.8. The van der Waals surface area contributed by atoms with E-state index >= 15 is 0 Å². The number of aryl methyl sites for hydroxylation is 1. The van der Waals surface area contributed by atoms with Gasteiger partial charge in [0.15, 0.2) is 11.3 Å². The van der Waals surface area contributed by atoms with Crippen LogP contribution in [0.1, 0.15) is 73.2 Å². The lowest BCUT2D eigenvalue weighted by Crippen LogP contribution is -2.49. The van der Waals surface area contributed by atoms with E-state index in [1.165, 1.54) is 29.7 Å². The Bertz CT molecular complexity index is 1450. The minimum atomic E-state index is -4.78. The van der Waals surface area contributed by atoms with Crippen LogP contribution in [0.4, 0.5) is 13.2 Å². The van der Waals surface area contributed by atoms with Gasteiger partial charge in [-0.1, -0.05) is 13.8 Å². The van der Waals surface area contributed by atoms with Crippen LogP contribution >= 0.6 is 0 Å². The van der Waals surface area contributed by atoms with Crippen LogP contribution < -0.4 is 10.3 Å². The molecule has 1 aliphatic heterocycles. The van der Waals surface area contributed by atoms with Gasteiger partial charge in [-0.2, -0.15) is 13.2 Å². The van der Waals surface area contributed by atoms with Gasteiger partial charge in [-0.25, -0.2) is 9.97 Å². The van der Waals surface area contributed by atoms with Gasteiger partial charge < -0.3 is 14.7 Å². The highest BCUT2D eigenvalue weighted by Crippen LogP contribution is 2.37. The van der Waals surface area contributed by atoms with Crippen LogP contribution in [0.2, 0.25) is 0 Å². The molecule has 1 saturated carbocycles. The molecule has 39 heavy (non-hydrogen) atoms. The molecule has 2 aliphatic rings. The molecule has 1 N–H and O–H groups in total. The molecule has 1 aromatic carbocycles. The number of carbonyl (C=O) groups is 1. The molecule has 3 aromatic rings. The van der Waals surface area contributed by atoms with Crippen LogP contribution in [0, 0.1) is 18.8 Å². The normalized spacial score (nSPS) is 22.7. The summed E-state index contributed by atoms with van der Waals surface area (Å²) in [5.41, 5.74) is -1.66. The number of aliphatic hydroxyl groups is 1. The van der Waals surface area contributed by atoms with Gasteiger partial charge in [0.2, 0.25) is 0 Å². The molecule has 5 rings (SSSR count). The maximum absolute atomic E-state index is 14.0. The highest BCUT2D eigenvalue weighted by molar-refractivity contribution is 5.94. The first-order chi connectivity index (χ1) is 18.3. The molecule has 3 unspecified atom stereocenters. The Balaban J connectivity index is 1.41. The minimum Gasteiger partial charge on any atom is -0.486 e. The fourth-order valence-electron chi connectivity index (χ4n) is 5.38. The topological polar surface area (TPSA) is 97.6 Å². The molecule has 0 spiro atoms. The second-order valence-electron chi connectivity index (χ2n) is 10.8. The molecule has 11 heteroatoms. The van der Waals surface area contributed by atoms with Gasteiger partial charge in [0.25, 0.3) is 11.5 Å². The highest BCUT2D eigenvalue weighted by Gasteiger charge is 2.39. The zero-order valence-corrected chi connectivity index (χ0v) is 22.2. The summed E-state index contributed by atoms with van der Waals surface area (Å²) < 4.78 is 49.4. The van der Waals surface area contributed by atoms with E-state index in [4.69, 9.17) is 4.74 Å². The summed E-state index contributed by atoms with van der Waals surface area (Å²) in [6.07, 6.45) is -4.70. The molecule has 0 radical (unpaired) electrons. The van der Waals surface area contributed by atoms with Crippen LogP contribution in [0.25, 0.3) is 11.0 Å². The molecule has 1 amide bonds. The standard InChI is InChI=1S/C28H31F3N4O4/c1-14-12-34(13-15(2)23(14)36)26(37)18-5-9-20(10-6-18)39-16(3)21-11-22-25(33-24(21)28(29,30)31)32-17(4)35(27(22)38)19-7-8-19/h5-6,9-11,14-16,19,23,36H,7-8,12-13H2,1-4H3. The van der Waals surface area contributed by atoms with Gasteiger partial charge >= 0.3 is 6.18 Å². The smallest absolute Gasteiger partial charge is 0.433 e. The van der Waals surface area contributed by atoms with Crippen molar-refractivity contribution in [2.75, 3.05) is 13.1 Å². The Labute approximate surface area is 223 Å². The average Bonchev–Trinajstić information content (AvgIpc) is 3.71. The number of amides is 1. The van der Waals surface area contributed by atoms with Crippen molar-refractivity contribution in [1.82, 2.24) is 19.4 Å². The number of halogens is 3. The third-order valence-electron chi connectivity index (χ3n) is 7.60. The zero-order chi connectivity index (χ0) is 28.2. The first kappa shape index (κ1) is 27.1. The SMILES string of the molecule is Cc1nc2nc(C(F)(F)F)c(C(C)Oc3ccc(C(=O)N4CC(C)C(O)C(C)C4)cc3)cc2c(=O)n1C1CC1. The number of nitrogens with zero attached hydrogens (tertiary/aromatic N) is 4. The third kappa shape index (κ3) is 5.24. The first-order valence-electron chi connectivity index (χ1n) is 13.1. The van der Waals surface area contributed by atoms with E-state index in [1.807, 2.05) is 13.8 Å². The van der Waals surface area contributed by atoms with Crippen LogP contribution in [0.5, 0.6) is 5.75 Å².